The number of anilines is 1. The van der Waals surface area contributed by atoms with Gasteiger partial charge < -0.3 is 20.4 Å². The van der Waals surface area contributed by atoms with Crippen LogP contribution in [0.5, 0.6) is 0 Å². The van der Waals surface area contributed by atoms with Crippen molar-refractivity contribution in [1.82, 2.24) is 15.0 Å². The lowest BCUT2D eigenvalue weighted by Crippen LogP contribution is -2.34. The third kappa shape index (κ3) is 3.97. The van der Waals surface area contributed by atoms with Gasteiger partial charge in [0, 0.05) is 43.4 Å². The van der Waals surface area contributed by atoms with Crippen molar-refractivity contribution in [3.63, 3.8) is 0 Å². The SMILES string of the molecule is COC1CN(c2nc3ccccc3cc2-c2cc(=O)c3c(C(N)=O)nccc3[nH]2)CC1C(F)(F)F. The summed E-state index contributed by atoms with van der Waals surface area (Å²) in [6.07, 6.45) is -4.16. The summed E-state index contributed by atoms with van der Waals surface area (Å²) in [7, 11) is 1.26. The summed E-state index contributed by atoms with van der Waals surface area (Å²) in [5.41, 5.74) is 6.39. The van der Waals surface area contributed by atoms with Gasteiger partial charge in [-0.2, -0.15) is 13.2 Å². The molecule has 0 bridgehead atoms. The number of alkyl halides is 3. The van der Waals surface area contributed by atoms with Crippen LogP contribution in [-0.2, 0) is 4.74 Å². The second-order valence-electron chi connectivity index (χ2n) is 8.37. The number of rotatable bonds is 4. The van der Waals surface area contributed by atoms with Crippen molar-refractivity contribution in [1.29, 1.82) is 0 Å². The molecule has 0 radical (unpaired) electrons. The lowest BCUT2D eigenvalue weighted by Gasteiger charge is -2.22. The monoisotopic (exact) mass is 483 g/mol. The Bertz CT molecular complexity index is 1520. The zero-order valence-corrected chi connectivity index (χ0v) is 18.5. The van der Waals surface area contributed by atoms with E-state index in [1.807, 2.05) is 12.1 Å². The van der Waals surface area contributed by atoms with Gasteiger partial charge in [-0.05, 0) is 18.2 Å². The smallest absolute Gasteiger partial charge is 0.379 e. The highest BCUT2D eigenvalue weighted by Crippen LogP contribution is 2.40. The molecular weight excluding hydrogens is 463 g/mol. The minimum Gasteiger partial charge on any atom is -0.379 e. The molecule has 3 aromatic heterocycles. The fraction of sp³-hybridized carbons (Fsp3) is 0.250. The lowest BCUT2D eigenvalue weighted by molar-refractivity contribution is -0.191. The molecule has 11 heteroatoms. The fourth-order valence-electron chi connectivity index (χ4n) is 4.58. The van der Waals surface area contributed by atoms with E-state index in [-0.39, 0.29) is 30.0 Å². The summed E-state index contributed by atoms with van der Waals surface area (Å²) in [6, 6.07) is 11.8. The third-order valence-electron chi connectivity index (χ3n) is 6.26. The van der Waals surface area contributed by atoms with Crippen LogP contribution in [0.1, 0.15) is 10.5 Å². The molecule has 0 spiro atoms. The highest BCUT2D eigenvalue weighted by molar-refractivity contribution is 6.04. The molecule has 5 rings (SSSR count). The van der Waals surface area contributed by atoms with Gasteiger partial charge in [0.05, 0.1) is 28.2 Å². The molecule has 0 aliphatic carbocycles. The summed E-state index contributed by atoms with van der Waals surface area (Å²) >= 11 is 0. The number of fused-ring (bicyclic) bond motifs is 2. The molecule has 0 saturated carbocycles. The van der Waals surface area contributed by atoms with Crippen LogP contribution in [0.3, 0.4) is 0 Å². The summed E-state index contributed by atoms with van der Waals surface area (Å²) in [6.45, 7) is -0.361. The molecule has 2 unspecified atom stereocenters. The van der Waals surface area contributed by atoms with Crippen LogP contribution in [0, 0.1) is 5.92 Å². The maximum atomic E-state index is 13.7. The number of nitrogens with one attached hydrogen (secondary N) is 1. The van der Waals surface area contributed by atoms with E-state index in [0.717, 1.165) is 5.39 Å². The number of H-pyrrole nitrogens is 1. The normalized spacial score (nSPS) is 18.5. The fourth-order valence-corrected chi connectivity index (χ4v) is 4.58. The average molecular weight is 483 g/mol. The molecule has 1 saturated heterocycles. The highest BCUT2D eigenvalue weighted by atomic mass is 19.4. The van der Waals surface area contributed by atoms with E-state index in [2.05, 4.69) is 15.0 Å². The van der Waals surface area contributed by atoms with Crippen molar-refractivity contribution in [2.75, 3.05) is 25.1 Å². The molecule has 4 heterocycles. The number of nitrogens with two attached hydrogens (primary N) is 1. The van der Waals surface area contributed by atoms with E-state index in [9.17, 15) is 22.8 Å². The third-order valence-corrected chi connectivity index (χ3v) is 6.26. The zero-order valence-electron chi connectivity index (χ0n) is 18.5. The van der Waals surface area contributed by atoms with Gasteiger partial charge in [-0.15, -0.1) is 0 Å². The second-order valence-corrected chi connectivity index (χ2v) is 8.37. The summed E-state index contributed by atoms with van der Waals surface area (Å²) in [5.74, 6) is -2.24. The van der Waals surface area contributed by atoms with Crippen molar-refractivity contribution >= 4 is 33.5 Å². The molecule has 1 aliphatic rings. The number of carbonyl (C=O) groups excluding carboxylic acids is 1. The number of carbonyl (C=O) groups is 1. The van der Waals surface area contributed by atoms with E-state index >= 15 is 0 Å². The van der Waals surface area contributed by atoms with Gasteiger partial charge in [0.2, 0.25) is 0 Å². The van der Waals surface area contributed by atoms with Crippen LogP contribution in [0.15, 0.2) is 53.5 Å². The number of primary amides is 1. The number of amides is 1. The van der Waals surface area contributed by atoms with Gasteiger partial charge >= 0.3 is 6.18 Å². The second kappa shape index (κ2) is 8.35. The Balaban J connectivity index is 1.71. The Kier molecular flexibility index (Phi) is 5.43. The van der Waals surface area contributed by atoms with Crippen LogP contribution in [-0.4, -0.2) is 53.3 Å². The number of hydrogen-bond donors (Lipinski definition) is 2. The van der Waals surface area contributed by atoms with Gasteiger partial charge in [0.1, 0.15) is 17.4 Å². The molecule has 1 aliphatic heterocycles. The van der Waals surface area contributed by atoms with Gasteiger partial charge in [-0.3, -0.25) is 14.6 Å². The van der Waals surface area contributed by atoms with E-state index < -0.39 is 29.5 Å². The van der Waals surface area contributed by atoms with Gasteiger partial charge in [-0.25, -0.2) is 4.98 Å². The number of ether oxygens (including phenoxy) is 1. The minimum absolute atomic E-state index is 0.0213. The number of nitrogens with zero attached hydrogens (tertiary/aromatic N) is 3. The van der Waals surface area contributed by atoms with Crippen LogP contribution in [0.4, 0.5) is 19.0 Å². The number of aromatic amines is 1. The standard InChI is InChI=1S/C24H20F3N5O3/c1-35-19-11-32(10-14(19)24(25,26)27)23-13(8-12-4-2-3-5-15(12)31-23)17-9-18(33)20-16(30-17)6-7-29-21(20)22(28)34/h2-9,14,19H,10-11H2,1H3,(H2,28,34)(H,30,33). The maximum absolute atomic E-state index is 13.7. The Morgan fingerprint density at radius 2 is 1.97 bits per heavy atom. The van der Waals surface area contributed by atoms with Gasteiger partial charge in [0.25, 0.3) is 5.91 Å². The first-order valence-corrected chi connectivity index (χ1v) is 10.7. The molecule has 4 aromatic rings. The van der Waals surface area contributed by atoms with Gasteiger partial charge in [-0.1, -0.05) is 18.2 Å². The Morgan fingerprint density at radius 1 is 1.20 bits per heavy atom. The Labute approximate surface area is 196 Å². The van der Waals surface area contributed by atoms with Crippen molar-refractivity contribution in [2.45, 2.75) is 12.3 Å². The van der Waals surface area contributed by atoms with E-state index in [4.69, 9.17) is 10.5 Å². The molecular formula is C24H20F3N5O3. The number of aromatic nitrogens is 3. The van der Waals surface area contributed by atoms with Crippen molar-refractivity contribution in [2.24, 2.45) is 11.7 Å². The largest absolute Gasteiger partial charge is 0.396 e. The lowest BCUT2D eigenvalue weighted by atomic mass is 10.1. The summed E-state index contributed by atoms with van der Waals surface area (Å²) in [5, 5.41) is 0.784. The summed E-state index contributed by atoms with van der Waals surface area (Å²) in [4.78, 5) is 38.0. The summed E-state index contributed by atoms with van der Waals surface area (Å²) < 4.78 is 46.2. The topological polar surface area (TPSA) is 114 Å². The van der Waals surface area contributed by atoms with Crippen LogP contribution < -0.4 is 16.1 Å². The minimum atomic E-state index is -4.44. The maximum Gasteiger partial charge on any atom is 0.396 e. The molecule has 3 N–H and O–H groups in total. The Hall–Kier alpha value is -3.99. The number of hydrogen-bond acceptors (Lipinski definition) is 6. The molecule has 1 aromatic carbocycles. The molecule has 2 atom stereocenters. The van der Waals surface area contributed by atoms with E-state index in [1.54, 1.807) is 18.2 Å². The predicted octanol–water partition coefficient (Wildman–Crippen LogP) is 3.25. The van der Waals surface area contributed by atoms with Crippen LogP contribution >= 0.6 is 0 Å². The number of pyridine rings is 3. The van der Waals surface area contributed by atoms with E-state index in [0.29, 0.717) is 22.3 Å². The zero-order chi connectivity index (χ0) is 24.9. The number of benzene rings is 1. The Morgan fingerprint density at radius 3 is 2.66 bits per heavy atom. The molecule has 1 amide bonds. The predicted molar refractivity (Wildman–Crippen MR) is 124 cm³/mol. The van der Waals surface area contributed by atoms with Crippen molar-refractivity contribution in [3.05, 3.63) is 64.6 Å². The molecule has 8 nitrogen and oxygen atoms in total. The van der Waals surface area contributed by atoms with Crippen molar-refractivity contribution < 1.29 is 22.7 Å². The average Bonchev–Trinajstić information content (AvgIpc) is 3.28. The highest BCUT2D eigenvalue weighted by Gasteiger charge is 2.50. The molecule has 1 fully saturated rings. The first kappa shape index (κ1) is 22.8. The molecule has 180 valence electrons. The number of para-hydroxylation sites is 1. The first-order valence-electron chi connectivity index (χ1n) is 10.7. The quantitative estimate of drug-likeness (QED) is 0.461. The van der Waals surface area contributed by atoms with Crippen molar-refractivity contribution in [3.8, 4) is 11.3 Å². The van der Waals surface area contributed by atoms with Crippen LogP contribution in [0.2, 0.25) is 0 Å². The number of halogens is 3. The van der Waals surface area contributed by atoms with E-state index in [1.165, 1.54) is 30.3 Å². The van der Waals surface area contributed by atoms with Gasteiger partial charge in [0.15, 0.2) is 5.43 Å². The van der Waals surface area contributed by atoms with Crippen LogP contribution in [0.25, 0.3) is 33.1 Å². The number of methoxy groups -OCH3 is 1. The first-order chi connectivity index (χ1) is 16.7. The molecule has 35 heavy (non-hydrogen) atoms.